The molecule has 2 atom stereocenters. The Hall–Kier alpha value is -0.410. The van der Waals surface area contributed by atoms with E-state index in [1.54, 1.807) is 14.2 Å². The first-order valence-electron chi connectivity index (χ1n) is 7.24. The first kappa shape index (κ1) is 18.6. The van der Waals surface area contributed by atoms with E-state index in [-0.39, 0.29) is 4.83 Å². The summed E-state index contributed by atoms with van der Waals surface area (Å²) >= 11 is 10.1. The second-order valence-corrected chi connectivity index (χ2v) is 8.26. The van der Waals surface area contributed by atoms with Gasteiger partial charge in [-0.15, -0.1) is 0 Å². The summed E-state index contributed by atoms with van der Waals surface area (Å²) in [5.41, 5.74) is 1.41. The molecule has 1 aromatic carbocycles. The number of ether oxygens (including phenoxy) is 2. The second kappa shape index (κ2) is 7.73. The number of benzene rings is 1. The van der Waals surface area contributed by atoms with Crippen LogP contribution in [0.3, 0.4) is 0 Å². The van der Waals surface area contributed by atoms with Crippen LogP contribution in [0.25, 0.3) is 0 Å². The first-order valence-corrected chi connectivity index (χ1v) is 8.53. The number of rotatable bonds is 6. The maximum Gasteiger partial charge on any atom is 0.145 e. The van der Waals surface area contributed by atoms with Crippen molar-refractivity contribution in [2.75, 3.05) is 14.2 Å². The zero-order valence-electron chi connectivity index (χ0n) is 13.8. The van der Waals surface area contributed by atoms with Crippen LogP contribution in [-0.2, 0) is 0 Å². The smallest absolute Gasteiger partial charge is 0.145 e. The normalized spacial score (nSPS) is 14.7. The van der Waals surface area contributed by atoms with Crippen molar-refractivity contribution in [1.82, 2.24) is 0 Å². The Kier molecular flexibility index (Phi) is 6.86. The van der Waals surface area contributed by atoms with E-state index in [4.69, 9.17) is 21.1 Å². The van der Waals surface area contributed by atoms with Crippen LogP contribution in [-0.4, -0.2) is 14.2 Å². The minimum Gasteiger partial charge on any atom is -0.495 e. The number of alkyl halides is 1. The monoisotopic (exact) mass is 376 g/mol. The largest absolute Gasteiger partial charge is 0.495 e. The van der Waals surface area contributed by atoms with Crippen LogP contribution in [0.5, 0.6) is 11.5 Å². The van der Waals surface area contributed by atoms with Gasteiger partial charge >= 0.3 is 0 Å². The molecule has 0 amide bonds. The summed E-state index contributed by atoms with van der Waals surface area (Å²) in [7, 11) is 3.25. The molecule has 120 valence electrons. The first-order chi connectivity index (χ1) is 9.69. The van der Waals surface area contributed by atoms with Crippen LogP contribution in [0.15, 0.2) is 12.1 Å². The van der Waals surface area contributed by atoms with Gasteiger partial charge in [0.25, 0.3) is 0 Å². The van der Waals surface area contributed by atoms with E-state index >= 15 is 0 Å². The molecule has 0 N–H and O–H groups in total. The average molecular weight is 378 g/mol. The lowest BCUT2D eigenvalue weighted by molar-refractivity contribution is 0.295. The van der Waals surface area contributed by atoms with E-state index in [0.717, 1.165) is 12.0 Å². The van der Waals surface area contributed by atoms with E-state index < -0.39 is 0 Å². The summed E-state index contributed by atoms with van der Waals surface area (Å²) in [5, 5.41) is 0.533. The minimum absolute atomic E-state index is 0.216. The highest BCUT2D eigenvalue weighted by atomic mass is 79.9. The lowest BCUT2D eigenvalue weighted by Crippen LogP contribution is -2.12. The van der Waals surface area contributed by atoms with Crippen molar-refractivity contribution in [3.05, 3.63) is 22.7 Å². The summed E-state index contributed by atoms with van der Waals surface area (Å²) < 4.78 is 10.7. The summed E-state index contributed by atoms with van der Waals surface area (Å²) in [5.74, 6) is 1.94. The molecule has 0 saturated heterocycles. The fraction of sp³-hybridized carbons (Fsp3) is 0.647. The standard InChI is InChI=1S/C17H26BrClO2/c1-11(10-17(2,3)4)9-13(18)12-7-8-14(20-5)15(19)16(12)21-6/h7-8,11,13H,9-10H2,1-6H3. The maximum atomic E-state index is 6.33. The molecule has 0 aliphatic heterocycles. The van der Waals surface area contributed by atoms with Gasteiger partial charge in [-0.05, 0) is 30.2 Å². The lowest BCUT2D eigenvalue weighted by atomic mass is 9.83. The molecule has 1 aromatic rings. The van der Waals surface area contributed by atoms with E-state index in [1.165, 1.54) is 6.42 Å². The molecule has 21 heavy (non-hydrogen) atoms. The van der Waals surface area contributed by atoms with Crippen LogP contribution in [0.2, 0.25) is 5.02 Å². The molecule has 0 bridgehead atoms. The predicted octanol–water partition coefficient (Wildman–Crippen LogP) is 6.26. The quantitative estimate of drug-likeness (QED) is 0.545. The highest BCUT2D eigenvalue weighted by Crippen LogP contribution is 2.44. The molecule has 1 rings (SSSR count). The Morgan fingerprint density at radius 1 is 1.19 bits per heavy atom. The van der Waals surface area contributed by atoms with Gasteiger partial charge in [0.05, 0.1) is 14.2 Å². The summed E-state index contributed by atoms with van der Waals surface area (Å²) in [6.45, 7) is 9.11. The second-order valence-electron chi connectivity index (χ2n) is 6.78. The zero-order valence-corrected chi connectivity index (χ0v) is 16.1. The third-order valence-corrected chi connectivity index (χ3v) is 4.65. The Balaban J connectivity index is 2.92. The highest BCUT2D eigenvalue weighted by Gasteiger charge is 2.22. The summed E-state index contributed by atoms with van der Waals surface area (Å²) in [6, 6.07) is 3.91. The Morgan fingerprint density at radius 3 is 2.29 bits per heavy atom. The molecule has 0 aliphatic rings. The van der Waals surface area contributed by atoms with Crippen LogP contribution >= 0.6 is 27.5 Å². The molecule has 2 unspecified atom stereocenters. The number of methoxy groups -OCH3 is 2. The van der Waals surface area contributed by atoms with Gasteiger partial charge in [-0.25, -0.2) is 0 Å². The van der Waals surface area contributed by atoms with Gasteiger partial charge in [-0.3, -0.25) is 0 Å². The van der Waals surface area contributed by atoms with Crippen molar-refractivity contribution in [1.29, 1.82) is 0 Å². The van der Waals surface area contributed by atoms with Gasteiger partial charge in [0, 0.05) is 10.4 Å². The van der Waals surface area contributed by atoms with Crippen molar-refractivity contribution in [2.24, 2.45) is 11.3 Å². The third kappa shape index (κ3) is 5.37. The fourth-order valence-corrected chi connectivity index (χ4v) is 4.10. The van der Waals surface area contributed by atoms with Gasteiger partial charge < -0.3 is 9.47 Å². The highest BCUT2D eigenvalue weighted by molar-refractivity contribution is 9.09. The average Bonchev–Trinajstić information content (AvgIpc) is 2.35. The van der Waals surface area contributed by atoms with Crippen molar-refractivity contribution < 1.29 is 9.47 Å². The predicted molar refractivity (Wildman–Crippen MR) is 94.1 cm³/mol. The molecule has 0 aliphatic carbocycles. The SMILES string of the molecule is COc1ccc(C(Br)CC(C)CC(C)(C)C)c(OC)c1Cl. The van der Waals surface area contributed by atoms with E-state index in [1.807, 2.05) is 12.1 Å². The van der Waals surface area contributed by atoms with E-state index in [2.05, 4.69) is 43.6 Å². The van der Waals surface area contributed by atoms with Gasteiger partial charge in [0.15, 0.2) is 0 Å². The molecule has 0 saturated carbocycles. The topological polar surface area (TPSA) is 18.5 Å². The van der Waals surface area contributed by atoms with Crippen LogP contribution in [0.1, 0.15) is 50.9 Å². The van der Waals surface area contributed by atoms with Crippen molar-refractivity contribution in [2.45, 2.75) is 45.4 Å². The molecule has 2 nitrogen and oxygen atoms in total. The van der Waals surface area contributed by atoms with Crippen molar-refractivity contribution in [3.63, 3.8) is 0 Å². The van der Waals surface area contributed by atoms with Gasteiger partial charge in [-0.1, -0.05) is 61.3 Å². The number of hydrogen-bond donors (Lipinski definition) is 0. The Labute approximate surface area is 142 Å². The molecule has 0 spiro atoms. The molecule has 4 heteroatoms. The Morgan fingerprint density at radius 2 is 1.81 bits per heavy atom. The molecular formula is C17H26BrClO2. The summed E-state index contributed by atoms with van der Waals surface area (Å²) in [4.78, 5) is 0.216. The van der Waals surface area contributed by atoms with Crippen LogP contribution in [0.4, 0.5) is 0 Å². The number of hydrogen-bond acceptors (Lipinski definition) is 2. The zero-order chi connectivity index (χ0) is 16.2. The van der Waals surface area contributed by atoms with Gasteiger partial charge in [0.2, 0.25) is 0 Å². The van der Waals surface area contributed by atoms with E-state index in [9.17, 15) is 0 Å². The van der Waals surface area contributed by atoms with Gasteiger partial charge in [0.1, 0.15) is 16.5 Å². The minimum atomic E-state index is 0.216. The third-order valence-electron chi connectivity index (χ3n) is 3.42. The van der Waals surface area contributed by atoms with E-state index in [0.29, 0.717) is 27.9 Å². The number of halogens is 2. The lowest BCUT2D eigenvalue weighted by Gasteiger charge is -2.25. The summed E-state index contributed by atoms with van der Waals surface area (Å²) in [6.07, 6.45) is 2.22. The van der Waals surface area contributed by atoms with Gasteiger partial charge in [-0.2, -0.15) is 0 Å². The molecular weight excluding hydrogens is 352 g/mol. The van der Waals surface area contributed by atoms with Crippen LogP contribution in [0, 0.1) is 11.3 Å². The maximum absolute atomic E-state index is 6.33. The fourth-order valence-electron chi connectivity index (χ4n) is 2.77. The van der Waals surface area contributed by atoms with Crippen molar-refractivity contribution >= 4 is 27.5 Å². The molecule has 0 heterocycles. The molecule has 0 radical (unpaired) electrons. The Bertz CT molecular complexity index is 469. The van der Waals surface area contributed by atoms with Crippen molar-refractivity contribution in [3.8, 4) is 11.5 Å². The van der Waals surface area contributed by atoms with Crippen LogP contribution < -0.4 is 9.47 Å². The molecule has 0 aromatic heterocycles. The molecule has 0 fully saturated rings.